The van der Waals surface area contributed by atoms with Crippen LogP contribution in [0.1, 0.15) is 40.0 Å². The van der Waals surface area contributed by atoms with E-state index in [1.165, 1.54) is 12.1 Å². The number of piperidine rings is 1. The number of likely N-dealkylation sites (tertiary alicyclic amines) is 1. The molecule has 0 saturated carbocycles. The number of rotatable bonds is 5. The highest BCUT2D eigenvalue weighted by Gasteiger charge is 2.42. The summed E-state index contributed by atoms with van der Waals surface area (Å²) < 4.78 is 19.3. The largest absolute Gasteiger partial charge is 0.493 e. The highest BCUT2D eigenvalue weighted by Crippen LogP contribution is 2.37. The van der Waals surface area contributed by atoms with E-state index in [0.29, 0.717) is 31.9 Å². The number of carbonyl (C=O) groups is 2. The maximum Gasteiger partial charge on any atom is 0.227 e. The average Bonchev–Trinajstić information content (AvgIpc) is 2.73. The van der Waals surface area contributed by atoms with Crippen molar-refractivity contribution in [3.05, 3.63) is 30.1 Å². The number of hydrogen-bond acceptors (Lipinski definition) is 4. The minimum Gasteiger partial charge on any atom is -0.493 e. The van der Waals surface area contributed by atoms with Crippen molar-refractivity contribution in [2.24, 2.45) is 10.8 Å². The van der Waals surface area contributed by atoms with Gasteiger partial charge in [-0.3, -0.25) is 9.59 Å². The smallest absolute Gasteiger partial charge is 0.227 e. The van der Waals surface area contributed by atoms with Gasteiger partial charge in [0.2, 0.25) is 11.8 Å². The molecule has 2 heterocycles. The molecule has 7 heteroatoms. The lowest BCUT2D eigenvalue weighted by molar-refractivity contribution is -0.147. The number of amides is 2. The summed E-state index contributed by atoms with van der Waals surface area (Å²) in [7, 11) is 2.07. The van der Waals surface area contributed by atoms with E-state index in [2.05, 4.69) is 11.9 Å². The van der Waals surface area contributed by atoms with Crippen LogP contribution in [0.3, 0.4) is 0 Å². The summed E-state index contributed by atoms with van der Waals surface area (Å²) in [4.78, 5) is 32.2. The van der Waals surface area contributed by atoms with E-state index in [-0.39, 0.29) is 17.6 Å². The molecule has 3 rings (SSSR count). The Hall–Kier alpha value is -2.15. The van der Waals surface area contributed by atoms with Crippen LogP contribution >= 0.6 is 0 Å². The third-order valence-corrected chi connectivity index (χ3v) is 6.33. The van der Waals surface area contributed by atoms with Crippen LogP contribution in [0, 0.1) is 16.6 Å². The maximum atomic E-state index is 13.3. The number of likely N-dealkylation sites (N-methyl/N-ethyl adjacent to an activating group) is 1. The third kappa shape index (κ3) is 6.19. The summed E-state index contributed by atoms with van der Waals surface area (Å²) in [6.07, 6.45) is 2.01. The number of benzene rings is 1. The maximum absolute atomic E-state index is 13.3. The Morgan fingerprint density at radius 3 is 2.29 bits per heavy atom. The van der Waals surface area contributed by atoms with Gasteiger partial charge in [-0.1, -0.05) is 20.8 Å². The van der Waals surface area contributed by atoms with E-state index in [0.717, 1.165) is 39.0 Å². The fourth-order valence-corrected chi connectivity index (χ4v) is 4.42. The third-order valence-electron chi connectivity index (χ3n) is 6.33. The first kappa shape index (κ1) is 23.5. The van der Waals surface area contributed by atoms with Crippen molar-refractivity contribution < 1.29 is 18.7 Å². The van der Waals surface area contributed by atoms with Crippen molar-refractivity contribution in [1.82, 2.24) is 14.7 Å². The van der Waals surface area contributed by atoms with E-state index in [9.17, 15) is 14.0 Å². The summed E-state index contributed by atoms with van der Waals surface area (Å²) in [5.74, 6) is 0.491. The number of halogens is 1. The second-order valence-electron chi connectivity index (χ2n) is 10.2. The summed E-state index contributed by atoms with van der Waals surface area (Å²) in [5.41, 5.74) is -0.920. The van der Waals surface area contributed by atoms with Gasteiger partial charge in [0.15, 0.2) is 0 Å². The minimum absolute atomic E-state index is 0.102. The molecule has 1 atom stereocenters. The summed E-state index contributed by atoms with van der Waals surface area (Å²) in [5, 5.41) is 0. The highest BCUT2D eigenvalue weighted by molar-refractivity contribution is 5.82. The molecule has 2 saturated heterocycles. The van der Waals surface area contributed by atoms with Crippen LogP contribution in [0.15, 0.2) is 24.3 Å². The molecular weight excluding hydrogens is 397 g/mol. The number of nitrogens with zero attached hydrogens (tertiary/aromatic N) is 3. The number of ether oxygens (including phenoxy) is 1. The van der Waals surface area contributed by atoms with Crippen LogP contribution < -0.4 is 4.74 Å². The SMILES string of the molecule is CN1CCN(C(=O)C[C@]2(COc3ccc(F)cc3)CCCN(C(=O)C(C)(C)C)C2)CC1. The van der Waals surface area contributed by atoms with Crippen LogP contribution in [0.2, 0.25) is 0 Å². The standard InChI is InChI=1S/C24H36FN3O3/c1-23(2,3)22(30)28-11-5-10-24(17-28,18-31-20-8-6-19(25)7-9-20)16-21(29)27-14-12-26(4)13-15-27/h6-9H,5,10-18H2,1-4H3/t24-/m1/s1. The molecule has 2 fully saturated rings. The highest BCUT2D eigenvalue weighted by atomic mass is 19.1. The average molecular weight is 434 g/mol. The molecule has 6 nitrogen and oxygen atoms in total. The molecule has 172 valence electrons. The van der Waals surface area contributed by atoms with Gasteiger partial charge in [0.25, 0.3) is 0 Å². The van der Waals surface area contributed by atoms with Gasteiger partial charge in [-0.15, -0.1) is 0 Å². The Kier molecular flexibility index (Phi) is 7.24. The van der Waals surface area contributed by atoms with Gasteiger partial charge in [-0.05, 0) is 44.2 Å². The first-order valence-electron chi connectivity index (χ1n) is 11.2. The van der Waals surface area contributed by atoms with Gasteiger partial charge in [-0.25, -0.2) is 4.39 Å². The zero-order valence-corrected chi connectivity index (χ0v) is 19.3. The van der Waals surface area contributed by atoms with E-state index < -0.39 is 10.8 Å². The van der Waals surface area contributed by atoms with Crippen molar-refractivity contribution >= 4 is 11.8 Å². The molecule has 1 aromatic carbocycles. The molecule has 0 N–H and O–H groups in total. The Labute approximate surface area is 185 Å². The van der Waals surface area contributed by atoms with E-state index in [1.807, 2.05) is 30.6 Å². The Morgan fingerprint density at radius 2 is 1.68 bits per heavy atom. The molecule has 0 aromatic heterocycles. The molecule has 31 heavy (non-hydrogen) atoms. The van der Waals surface area contributed by atoms with E-state index >= 15 is 0 Å². The lowest BCUT2D eigenvalue weighted by Gasteiger charge is -2.45. The molecule has 2 amide bonds. The molecule has 0 bridgehead atoms. The Morgan fingerprint density at radius 1 is 1.03 bits per heavy atom. The van der Waals surface area contributed by atoms with Crippen molar-refractivity contribution in [1.29, 1.82) is 0 Å². The van der Waals surface area contributed by atoms with Crippen LogP contribution in [0.4, 0.5) is 4.39 Å². The van der Waals surface area contributed by atoms with Crippen LogP contribution in [-0.2, 0) is 9.59 Å². The molecule has 0 aliphatic carbocycles. The second-order valence-corrected chi connectivity index (χ2v) is 10.2. The van der Waals surface area contributed by atoms with E-state index in [1.54, 1.807) is 12.1 Å². The first-order chi connectivity index (χ1) is 14.6. The lowest BCUT2D eigenvalue weighted by atomic mass is 9.76. The van der Waals surface area contributed by atoms with E-state index in [4.69, 9.17) is 4.74 Å². The van der Waals surface area contributed by atoms with Crippen molar-refractivity contribution in [2.45, 2.75) is 40.0 Å². The molecular formula is C24H36FN3O3. The zero-order chi connectivity index (χ0) is 22.6. The minimum atomic E-state index is -0.470. The summed E-state index contributed by atoms with van der Waals surface area (Å²) >= 11 is 0. The molecule has 0 unspecified atom stereocenters. The van der Waals surface area contributed by atoms with Gasteiger partial charge in [0.05, 0.1) is 6.61 Å². The fraction of sp³-hybridized carbons (Fsp3) is 0.667. The van der Waals surface area contributed by atoms with Crippen molar-refractivity contribution in [3.63, 3.8) is 0 Å². The topological polar surface area (TPSA) is 53.1 Å². The van der Waals surface area contributed by atoms with Crippen LogP contribution in [0.5, 0.6) is 5.75 Å². The van der Waals surface area contributed by atoms with Crippen LogP contribution in [-0.4, -0.2) is 79.4 Å². The second kappa shape index (κ2) is 9.55. The van der Waals surface area contributed by atoms with Gasteiger partial charge in [0, 0.05) is 56.5 Å². The molecule has 2 aliphatic heterocycles. The van der Waals surface area contributed by atoms with Gasteiger partial charge in [-0.2, -0.15) is 0 Å². The Balaban J connectivity index is 1.76. The lowest BCUT2D eigenvalue weighted by Crippen LogP contribution is -2.54. The predicted octanol–water partition coefficient (Wildman–Crippen LogP) is 3.02. The summed E-state index contributed by atoms with van der Waals surface area (Å²) in [6, 6.07) is 5.94. The fourth-order valence-electron chi connectivity index (χ4n) is 4.42. The molecule has 0 radical (unpaired) electrons. The van der Waals surface area contributed by atoms with Gasteiger partial charge < -0.3 is 19.4 Å². The van der Waals surface area contributed by atoms with Crippen molar-refractivity contribution in [3.8, 4) is 5.75 Å². The first-order valence-corrected chi connectivity index (χ1v) is 11.2. The van der Waals surface area contributed by atoms with Gasteiger partial charge in [0.1, 0.15) is 11.6 Å². The normalized spacial score (nSPS) is 23.0. The molecule has 0 spiro atoms. The zero-order valence-electron chi connectivity index (χ0n) is 19.3. The number of piperazine rings is 1. The number of carbonyl (C=O) groups excluding carboxylic acids is 2. The molecule has 2 aliphatic rings. The monoisotopic (exact) mass is 433 g/mol. The van der Waals surface area contributed by atoms with Crippen LogP contribution in [0.25, 0.3) is 0 Å². The van der Waals surface area contributed by atoms with Crippen molar-refractivity contribution in [2.75, 3.05) is 52.9 Å². The number of hydrogen-bond donors (Lipinski definition) is 0. The molecule has 1 aromatic rings. The quantitative estimate of drug-likeness (QED) is 0.716. The Bertz CT molecular complexity index is 769. The predicted molar refractivity (Wildman–Crippen MR) is 118 cm³/mol. The van der Waals surface area contributed by atoms with Gasteiger partial charge >= 0.3 is 0 Å². The summed E-state index contributed by atoms with van der Waals surface area (Å²) in [6.45, 7) is 10.5.